The van der Waals surface area contributed by atoms with Gasteiger partial charge in [-0.2, -0.15) is 0 Å². The SMILES string of the molecule is CCCn1c(=O)c(C(=O)Nc2cc([N+](=O)[O-])ccc2O)c([O-])c2ccccc21. The molecule has 1 aromatic heterocycles. The number of hydrogen-bond acceptors (Lipinski definition) is 6. The van der Waals surface area contributed by atoms with E-state index in [4.69, 9.17) is 0 Å². The number of nitro benzene ring substituents is 1. The van der Waals surface area contributed by atoms with Gasteiger partial charge in [-0.15, -0.1) is 0 Å². The maximum absolute atomic E-state index is 12.8. The van der Waals surface area contributed by atoms with Gasteiger partial charge in [-0.3, -0.25) is 19.7 Å². The summed E-state index contributed by atoms with van der Waals surface area (Å²) in [7, 11) is 0. The zero-order valence-corrected chi connectivity index (χ0v) is 14.8. The Morgan fingerprint density at radius 3 is 2.64 bits per heavy atom. The molecule has 3 aromatic rings. The molecule has 28 heavy (non-hydrogen) atoms. The smallest absolute Gasteiger partial charge is 0.271 e. The number of non-ortho nitro benzene ring substituents is 1. The summed E-state index contributed by atoms with van der Waals surface area (Å²) in [5.41, 5.74) is -1.58. The molecule has 3 rings (SSSR count). The van der Waals surface area contributed by atoms with E-state index in [2.05, 4.69) is 5.32 Å². The van der Waals surface area contributed by atoms with Crippen LogP contribution in [0.2, 0.25) is 0 Å². The lowest BCUT2D eigenvalue weighted by molar-refractivity contribution is -0.384. The van der Waals surface area contributed by atoms with Crippen molar-refractivity contribution in [2.45, 2.75) is 19.9 Å². The Morgan fingerprint density at radius 1 is 1.25 bits per heavy atom. The number of benzene rings is 2. The van der Waals surface area contributed by atoms with Gasteiger partial charge in [-0.25, -0.2) is 0 Å². The molecule has 0 saturated carbocycles. The fraction of sp³-hybridized carbons (Fsp3) is 0.158. The van der Waals surface area contributed by atoms with Crippen LogP contribution in [0.25, 0.3) is 10.9 Å². The average Bonchev–Trinajstić information content (AvgIpc) is 2.67. The van der Waals surface area contributed by atoms with E-state index in [0.29, 0.717) is 18.5 Å². The number of aromatic nitrogens is 1. The largest absolute Gasteiger partial charge is 0.871 e. The van der Waals surface area contributed by atoms with Crippen molar-refractivity contribution in [1.82, 2.24) is 4.57 Å². The van der Waals surface area contributed by atoms with Crippen LogP contribution >= 0.6 is 0 Å². The van der Waals surface area contributed by atoms with Crippen molar-refractivity contribution >= 4 is 28.2 Å². The second-order valence-electron chi connectivity index (χ2n) is 6.09. The molecule has 0 radical (unpaired) electrons. The number of phenolic OH excluding ortho intramolecular Hbond substituents is 1. The van der Waals surface area contributed by atoms with Crippen LogP contribution < -0.4 is 16.0 Å². The maximum atomic E-state index is 12.8. The lowest BCUT2D eigenvalue weighted by Crippen LogP contribution is -2.31. The minimum Gasteiger partial charge on any atom is -0.871 e. The third kappa shape index (κ3) is 3.25. The summed E-state index contributed by atoms with van der Waals surface area (Å²) >= 11 is 0. The van der Waals surface area contributed by atoms with Crippen LogP contribution in [-0.4, -0.2) is 20.5 Å². The van der Waals surface area contributed by atoms with Gasteiger partial charge in [0.25, 0.3) is 17.2 Å². The van der Waals surface area contributed by atoms with Crippen LogP contribution in [0.5, 0.6) is 11.5 Å². The highest BCUT2D eigenvalue weighted by Crippen LogP contribution is 2.29. The van der Waals surface area contributed by atoms with Gasteiger partial charge < -0.3 is 20.1 Å². The lowest BCUT2D eigenvalue weighted by Gasteiger charge is -2.20. The number of aryl methyl sites for hydroxylation is 1. The van der Waals surface area contributed by atoms with Crippen molar-refractivity contribution in [3.63, 3.8) is 0 Å². The van der Waals surface area contributed by atoms with Crippen LogP contribution in [0.15, 0.2) is 47.3 Å². The second kappa shape index (κ2) is 7.39. The van der Waals surface area contributed by atoms with E-state index >= 15 is 0 Å². The van der Waals surface area contributed by atoms with Gasteiger partial charge in [0.1, 0.15) is 5.75 Å². The molecule has 0 unspecified atom stereocenters. The lowest BCUT2D eigenvalue weighted by atomic mass is 10.1. The number of para-hydroxylation sites is 1. The highest BCUT2D eigenvalue weighted by atomic mass is 16.6. The summed E-state index contributed by atoms with van der Waals surface area (Å²) in [5, 5.41) is 36.0. The number of amides is 1. The van der Waals surface area contributed by atoms with Crippen LogP contribution in [0.3, 0.4) is 0 Å². The summed E-state index contributed by atoms with van der Waals surface area (Å²) in [5.74, 6) is -2.21. The summed E-state index contributed by atoms with van der Waals surface area (Å²) in [6.07, 6.45) is 0.606. The fourth-order valence-electron chi connectivity index (χ4n) is 2.95. The molecule has 0 spiro atoms. The molecule has 1 amide bonds. The van der Waals surface area contributed by atoms with Crippen LogP contribution in [0.4, 0.5) is 11.4 Å². The van der Waals surface area contributed by atoms with Crippen molar-refractivity contribution in [2.75, 3.05) is 5.32 Å². The number of pyridine rings is 1. The quantitative estimate of drug-likeness (QED) is 0.395. The highest BCUT2D eigenvalue weighted by molar-refractivity contribution is 6.09. The predicted octanol–water partition coefficient (Wildman–Crippen LogP) is 2.35. The molecule has 9 nitrogen and oxygen atoms in total. The van der Waals surface area contributed by atoms with E-state index in [1.165, 1.54) is 10.6 Å². The summed E-state index contributed by atoms with van der Waals surface area (Å²) in [4.78, 5) is 35.7. The molecule has 0 saturated heterocycles. The monoisotopic (exact) mass is 382 g/mol. The Hall–Kier alpha value is -3.88. The van der Waals surface area contributed by atoms with Gasteiger partial charge in [0.05, 0.1) is 21.7 Å². The van der Waals surface area contributed by atoms with Gasteiger partial charge >= 0.3 is 0 Å². The molecule has 2 N–H and O–H groups in total. The zero-order chi connectivity index (χ0) is 20.4. The van der Waals surface area contributed by atoms with Crippen LogP contribution in [-0.2, 0) is 6.54 Å². The molecular formula is C19H16N3O6-. The molecule has 0 aliphatic heterocycles. The molecule has 144 valence electrons. The Balaban J connectivity index is 2.14. The zero-order valence-electron chi connectivity index (χ0n) is 14.8. The number of rotatable bonds is 5. The van der Waals surface area contributed by atoms with Crippen LogP contribution in [0.1, 0.15) is 23.7 Å². The molecule has 0 atom stereocenters. The number of nitrogens with one attached hydrogen (secondary N) is 1. The van der Waals surface area contributed by atoms with Gasteiger partial charge in [0.2, 0.25) is 0 Å². The standard InChI is InChI=1S/C19H17N3O6/c1-2-9-21-14-6-4-3-5-12(14)17(24)16(19(21)26)18(25)20-13-10-11(22(27)28)7-8-15(13)23/h3-8,10,23-24H,2,9H2,1H3,(H,20,25)/p-1. The van der Waals surface area contributed by atoms with Gasteiger partial charge in [0.15, 0.2) is 0 Å². The van der Waals surface area contributed by atoms with E-state index < -0.39 is 33.5 Å². The number of carbonyl (C=O) groups excluding carboxylic acids is 1. The average molecular weight is 382 g/mol. The van der Waals surface area contributed by atoms with Gasteiger partial charge in [0, 0.05) is 18.7 Å². The number of nitro groups is 1. The molecule has 0 bridgehead atoms. The highest BCUT2D eigenvalue weighted by Gasteiger charge is 2.20. The van der Waals surface area contributed by atoms with Crippen molar-refractivity contribution in [3.8, 4) is 11.5 Å². The first-order valence-electron chi connectivity index (χ1n) is 8.46. The minimum atomic E-state index is -1.04. The van der Waals surface area contributed by atoms with Crippen molar-refractivity contribution in [2.24, 2.45) is 0 Å². The summed E-state index contributed by atoms with van der Waals surface area (Å²) in [6.45, 7) is 2.16. The molecule has 2 aromatic carbocycles. The third-order valence-corrected chi connectivity index (χ3v) is 4.24. The van der Waals surface area contributed by atoms with E-state index in [0.717, 1.165) is 18.2 Å². The Morgan fingerprint density at radius 2 is 1.96 bits per heavy atom. The molecule has 1 heterocycles. The molecule has 9 heteroatoms. The number of phenols is 1. The number of carbonyl (C=O) groups is 1. The molecule has 0 fully saturated rings. The van der Waals surface area contributed by atoms with E-state index in [1.807, 2.05) is 6.92 Å². The van der Waals surface area contributed by atoms with Gasteiger partial charge in [-0.1, -0.05) is 30.9 Å². The first kappa shape index (κ1) is 18.9. The van der Waals surface area contributed by atoms with Crippen molar-refractivity contribution in [3.05, 3.63) is 68.5 Å². The number of hydrogen-bond donors (Lipinski definition) is 2. The number of aromatic hydroxyl groups is 1. The normalized spacial score (nSPS) is 10.8. The Bertz CT molecular complexity index is 1150. The third-order valence-electron chi connectivity index (χ3n) is 4.24. The van der Waals surface area contributed by atoms with E-state index in [1.54, 1.807) is 18.2 Å². The van der Waals surface area contributed by atoms with Crippen molar-refractivity contribution < 1.29 is 19.9 Å². The van der Waals surface area contributed by atoms with Crippen LogP contribution in [0, 0.1) is 10.1 Å². The maximum Gasteiger partial charge on any atom is 0.271 e. The molecule has 0 aliphatic rings. The summed E-state index contributed by atoms with van der Waals surface area (Å²) in [6, 6.07) is 9.51. The molecule has 0 aliphatic carbocycles. The van der Waals surface area contributed by atoms with Gasteiger partial charge in [-0.05, 0) is 23.9 Å². The first-order valence-corrected chi connectivity index (χ1v) is 8.46. The predicted molar refractivity (Wildman–Crippen MR) is 101 cm³/mol. The number of anilines is 1. The first-order chi connectivity index (χ1) is 13.3. The topological polar surface area (TPSA) is 138 Å². The summed E-state index contributed by atoms with van der Waals surface area (Å²) < 4.78 is 1.35. The van der Waals surface area contributed by atoms with Crippen molar-refractivity contribution in [1.29, 1.82) is 0 Å². The number of fused-ring (bicyclic) bond motifs is 1. The molecular weight excluding hydrogens is 366 g/mol. The van der Waals surface area contributed by atoms with E-state index in [9.17, 15) is 29.9 Å². The minimum absolute atomic E-state index is 0.212. The fourth-order valence-corrected chi connectivity index (χ4v) is 2.95. The number of nitrogens with zero attached hydrogens (tertiary/aromatic N) is 2. The second-order valence-corrected chi connectivity index (χ2v) is 6.09. The Kier molecular flexibility index (Phi) is 4.99. The van der Waals surface area contributed by atoms with E-state index in [-0.39, 0.29) is 16.8 Å². The Labute approximate surface area is 158 Å².